The molecule has 7 heteroatoms. The summed E-state index contributed by atoms with van der Waals surface area (Å²) in [4.78, 5) is 10.2. The molecule has 0 saturated heterocycles. The molecular formula is C2HBrN4O2. The van der Waals surface area contributed by atoms with Gasteiger partial charge >= 0.3 is 10.5 Å². The summed E-state index contributed by atoms with van der Waals surface area (Å²) in [5, 5.41) is 20.7. The normalized spacial score (nSPS) is 20.6. The standard InChI is InChI=1S/C2HBrN4O2/c3-2(1(8)9)4-6-7-5-2/h(H,8,9). The van der Waals surface area contributed by atoms with E-state index in [1.807, 2.05) is 0 Å². The van der Waals surface area contributed by atoms with E-state index in [1.54, 1.807) is 0 Å². The minimum Gasteiger partial charge on any atom is -0.477 e. The fraction of sp³-hybridized carbons (Fsp3) is 0.500. The van der Waals surface area contributed by atoms with Gasteiger partial charge in [-0.15, -0.1) is 10.2 Å². The highest BCUT2D eigenvalue weighted by Gasteiger charge is 2.38. The number of carboxylic acid groups (broad SMARTS) is 1. The second-order valence-corrected chi connectivity index (χ2v) is 2.38. The van der Waals surface area contributed by atoms with E-state index in [0.29, 0.717) is 0 Å². The molecule has 0 aromatic heterocycles. The summed E-state index contributed by atoms with van der Waals surface area (Å²) in [6, 6.07) is 0. The molecule has 1 aliphatic heterocycles. The van der Waals surface area contributed by atoms with Gasteiger partial charge in [0.25, 0.3) is 0 Å². The highest BCUT2D eigenvalue weighted by atomic mass is 79.9. The minimum absolute atomic E-state index is 1.23. The van der Waals surface area contributed by atoms with Crippen LogP contribution in [-0.4, -0.2) is 15.6 Å². The van der Waals surface area contributed by atoms with Gasteiger partial charge in [-0.25, -0.2) is 4.79 Å². The molecule has 1 rings (SSSR count). The van der Waals surface area contributed by atoms with Crippen molar-refractivity contribution in [2.75, 3.05) is 0 Å². The Morgan fingerprint density at radius 3 is 2.11 bits per heavy atom. The Morgan fingerprint density at radius 2 is 1.89 bits per heavy atom. The molecule has 6 nitrogen and oxygen atoms in total. The third-order valence-corrected chi connectivity index (χ3v) is 1.32. The van der Waals surface area contributed by atoms with Crippen LogP contribution in [0.4, 0.5) is 0 Å². The van der Waals surface area contributed by atoms with Crippen molar-refractivity contribution in [1.29, 1.82) is 0 Å². The molecule has 0 aromatic carbocycles. The average molecular weight is 193 g/mol. The van der Waals surface area contributed by atoms with Crippen molar-refractivity contribution in [2.45, 2.75) is 4.57 Å². The molecule has 0 atom stereocenters. The van der Waals surface area contributed by atoms with Gasteiger partial charge in [0, 0.05) is 0 Å². The predicted molar refractivity (Wildman–Crippen MR) is 29.0 cm³/mol. The van der Waals surface area contributed by atoms with Crippen molar-refractivity contribution in [2.24, 2.45) is 20.7 Å². The number of aliphatic carboxylic acids is 1. The van der Waals surface area contributed by atoms with Gasteiger partial charge in [-0.2, -0.15) is 0 Å². The maximum atomic E-state index is 10.2. The van der Waals surface area contributed by atoms with Gasteiger partial charge < -0.3 is 5.11 Å². The second kappa shape index (κ2) is 1.83. The Morgan fingerprint density at radius 1 is 1.44 bits per heavy atom. The molecule has 48 valence electrons. The quantitative estimate of drug-likeness (QED) is 0.496. The minimum atomic E-state index is -1.66. The third kappa shape index (κ3) is 0.947. The molecule has 1 aliphatic rings. The smallest absolute Gasteiger partial charge is 0.369 e. The third-order valence-electron chi connectivity index (χ3n) is 0.667. The van der Waals surface area contributed by atoms with Crippen LogP contribution in [0.3, 0.4) is 0 Å². The van der Waals surface area contributed by atoms with Crippen LogP contribution in [0.25, 0.3) is 0 Å². The molecule has 1 heterocycles. The summed E-state index contributed by atoms with van der Waals surface area (Å²) < 4.78 is -1.66. The van der Waals surface area contributed by atoms with Crippen molar-refractivity contribution in [3.8, 4) is 0 Å². The van der Waals surface area contributed by atoms with Gasteiger partial charge in [-0.05, 0) is 26.4 Å². The van der Waals surface area contributed by atoms with E-state index < -0.39 is 10.5 Å². The van der Waals surface area contributed by atoms with Crippen molar-refractivity contribution in [3.63, 3.8) is 0 Å². The Hall–Kier alpha value is -0.850. The van der Waals surface area contributed by atoms with Crippen LogP contribution in [0.2, 0.25) is 0 Å². The summed E-state index contributed by atoms with van der Waals surface area (Å²) in [7, 11) is 0. The van der Waals surface area contributed by atoms with Crippen molar-refractivity contribution in [1.82, 2.24) is 0 Å². The van der Waals surface area contributed by atoms with Crippen LogP contribution in [-0.2, 0) is 4.79 Å². The molecule has 0 saturated carbocycles. The van der Waals surface area contributed by atoms with Gasteiger partial charge in [0.1, 0.15) is 0 Å². The Kier molecular flexibility index (Phi) is 1.28. The summed E-state index contributed by atoms with van der Waals surface area (Å²) in [5.41, 5.74) is 0. The van der Waals surface area contributed by atoms with Crippen molar-refractivity contribution in [3.05, 3.63) is 0 Å². The summed E-state index contributed by atoms with van der Waals surface area (Å²) in [6.45, 7) is 0. The molecule has 0 bridgehead atoms. The molecular weight excluding hydrogens is 192 g/mol. The number of rotatable bonds is 1. The molecule has 0 aliphatic carbocycles. The zero-order valence-electron chi connectivity index (χ0n) is 4.02. The van der Waals surface area contributed by atoms with E-state index in [9.17, 15) is 4.79 Å². The number of carboxylic acids is 1. The predicted octanol–water partition coefficient (Wildman–Crippen LogP) is 0.953. The number of halogens is 1. The Bertz CT molecular complexity index is 187. The number of hydrogen-bond donors (Lipinski definition) is 1. The lowest BCUT2D eigenvalue weighted by atomic mass is 10.6. The highest BCUT2D eigenvalue weighted by Crippen LogP contribution is 2.26. The maximum absolute atomic E-state index is 10.2. The molecule has 9 heavy (non-hydrogen) atoms. The van der Waals surface area contributed by atoms with Gasteiger partial charge in [0.2, 0.25) is 0 Å². The van der Waals surface area contributed by atoms with E-state index in [1.165, 1.54) is 0 Å². The fourth-order valence-electron chi connectivity index (χ4n) is 0.264. The van der Waals surface area contributed by atoms with E-state index in [2.05, 4.69) is 36.6 Å². The monoisotopic (exact) mass is 192 g/mol. The Balaban J connectivity index is 2.88. The second-order valence-electron chi connectivity index (χ2n) is 1.27. The zero-order valence-corrected chi connectivity index (χ0v) is 5.61. The number of alkyl halides is 1. The average Bonchev–Trinajstić information content (AvgIpc) is 2.16. The number of hydrogen-bond acceptors (Lipinski definition) is 5. The maximum Gasteiger partial charge on any atom is 0.369 e. The Labute approximate surface area is 57.8 Å². The van der Waals surface area contributed by atoms with Crippen LogP contribution in [0.5, 0.6) is 0 Å². The lowest BCUT2D eigenvalue weighted by Crippen LogP contribution is -2.24. The lowest BCUT2D eigenvalue weighted by molar-refractivity contribution is -0.139. The molecule has 1 N–H and O–H groups in total. The van der Waals surface area contributed by atoms with Gasteiger partial charge in [0.05, 0.1) is 0 Å². The van der Waals surface area contributed by atoms with Gasteiger partial charge in [-0.1, -0.05) is 0 Å². The van der Waals surface area contributed by atoms with Crippen molar-refractivity contribution < 1.29 is 9.90 Å². The first-order chi connectivity index (χ1) is 4.15. The lowest BCUT2D eigenvalue weighted by Gasteiger charge is -2.01. The van der Waals surface area contributed by atoms with Crippen LogP contribution < -0.4 is 0 Å². The number of carbonyl (C=O) groups is 1. The summed E-state index contributed by atoms with van der Waals surface area (Å²) >= 11 is 2.69. The highest BCUT2D eigenvalue weighted by molar-refractivity contribution is 9.10. The van der Waals surface area contributed by atoms with Crippen molar-refractivity contribution >= 4 is 21.9 Å². The first-order valence-corrected chi connectivity index (χ1v) is 2.71. The van der Waals surface area contributed by atoms with Crippen LogP contribution in [0.15, 0.2) is 20.7 Å². The van der Waals surface area contributed by atoms with E-state index >= 15 is 0 Å². The van der Waals surface area contributed by atoms with E-state index in [0.717, 1.165) is 0 Å². The van der Waals surface area contributed by atoms with E-state index in [-0.39, 0.29) is 0 Å². The number of nitrogens with zero attached hydrogens (tertiary/aromatic N) is 4. The molecule has 0 aromatic rings. The van der Waals surface area contributed by atoms with Crippen LogP contribution in [0.1, 0.15) is 0 Å². The van der Waals surface area contributed by atoms with E-state index in [4.69, 9.17) is 5.11 Å². The van der Waals surface area contributed by atoms with Crippen LogP contribution >= 0.6 is 15.9 Å². The summed E-state index contributed by atoms with van der Waals surface area (Å²) in [5.74, 6) is -1.23. The topological polar surface area (TPSA) is 86.7 Å². The summed E-state index contributed by atoms with van der Waals surface area (Å²) in [6.07, 6.45) is 0. The SMILES string of the molecule is O=C(O)C1(Br)N=NN=N1. The zero-order chi connectivity index (χ0) is 6.91. The first-order valence-electron chi connectivity index (χ1n) is 1.91. The molecule has 0 fully saturated rings. The molecule has 0 spiro atoms. The fourth-order valence-corrected chi connectivity index (χ4v) is 0.406. The molecule has 0 amide bonds. The molecule has 0 unspecified atom stereocenters. The molecule has 0 radical (unpaired) electrons. The van der Waals surface area contributed by atoms with Crippen LogP contribution in [0, 0.1) is 0 Å². The van der Waals surface area contributed by atoms with Gasteiger partial charge in [0.15, 0.2) is 0 Å². The van der Waals surface area contributed by atoms with Gasteiger partial charge in [-0.3, -0.25) is 0 Å². The first kappa shape index (κ1) is 6.27. The largest absolute Gasteiger partial charge is 0.477 e.